The van der Waals surface area contributed by atoms with Gasteiger partial charge in [0.25, 0.3) is 5.91 Å². The van der Waals surface area contributed by atoms with Gasteiger partial charge in [-0.05, 0) is 31.9 Å². The van der Waals surface area contributed by atoms with E-state index in [2.05, 4.69) is 4.98 Å². The van der Waals surface area contributed by atoms with Gasteiger partial charge in [0.2, 0.25) is 0 Å². The summed E-state index contributed by atoms with van der Waals surface area (Å²) in [6, 6.07) is 3.51. The van der Waals surface area contributed by atoms with Gasteiger partial charge in [-0.15, -0.1) is 0 Å². The summed E-state index contributed by atoms with van der Waals surface area (Å²) in [6.07, 6.45) is 2.93. The van der Waals surface area contributed by atoms with Crippen molar-refractivity contribution in [1.29, 1.82) is 0 Å². The van der Waals surface area contributed by atoms with Crippen LogP contribution in [0.25, 0.3) is 0 Å². The molecule has 96 valence electrons. The number of nitrogens with zero attached hydrogens (tertiary/aromatic N) is 2. The molecule has 0 aromatic carbocycles. The number of hydrogen-bond donors (Lipinski definition) is 1. The van der Waals surface area contributed by atoms with Crippen LogP contribution in [0, 0.1) is 12.8 Å². The van der Waals surface area contributed by atoms with Crippen molar-refractivity contribution in [3.05, 3.63) is 29.6 Å². The van der Waals surface area contributed by atoms with E-state index in [1.165, 1.54) is 0 Å². The van der Waals surface area contributed by atoms with E-state index in [-0.39, 0.29) is 5.91 Å². The number of piperidine rings is 1. The van der Waals surface area contributed by atoms with Gasteiger partial charge in [0.15, 0.2) is 0 Å². The second-order valence-electron chi connectivity index (χ2n) is 4.62. The molecule has 0 bridgehead atoms. The quantitative estimate of drug-likeness (QED) is 0.857. The number of rotatable bonds is 2. The van der Waals surface area contributed by atoms with Crippen LogP contribution in [-0.2, 0) is 4.79 Å². The SMILES string of the molecule is Cc1ccc(C(=O)N2CCCC(C(=O)O)C2)cn1. The minimum atomic E-state index is -0.825. The third-order valence-electron chi connectivity index (χ3n) is 3.22. The maximum absolute atomic E-state index is 12.2. The lowest BCUT2D eigenvalue weighted by Crippen LogP contribution is -2.42. The summed E-state index contributed by atoms with van der Waals surface area (Å²) in [4.78, 5) is 28.8. The molecule has 2 heterocycles. The molecule has 1 aromatic heterocycles. The lowest BCUT2D eigenvalue weighted by molar-refractivity contribution is -0.143. The number of carboxylic acids is 1. The topological polar surface area (TPSA) is 70.5 Å². The van der Waals surface area contributed by atoms with E-state index in [0.29, 0.717) is 25.1 Å². The predicted molar refractivity (Wildman–Crippen MR) is 65.2 cm³/mol. The van der Waals surface area contributed by atoms with E-state index >= 15 is 0 Å². The Bertz CT molecular complexity index is 456. The van der Waals surface area contributed by atoms with Crippen molar-refractivity contribution in [2.24, 2.45) is 5.92 Å². The van der Waals surface area contributed by atoms with Gasteiger partial charge in [0, 0.05) is 25.0 Å². The van der Waals surface area contributed by atoms with Crippen LogP contribution in [0.5, 0.6) is 0 Å². The van der Waals surface area contributed by atoms with E-state index < -0.39 is 11.9 Å². The summed E-state index contributed by atoms with van der Waals surface area (Å²) < 4.78 is 0. The highest BCUT2D eigenvalue weighted by Gasteiger charge is 2.28. The molecule has 1 aliphatic rings. The summed E-state index contributed by atoms with van der Waals surface area (Å²) >= 11 is 0. The molecule has 1 fully saturated rings. The molecule has 1 aromatic rings. The largest absolute Gasteiger partial charge is 0.481 e. The number of carbonyl (C=O) groups excluding carboxylic acids is 1. The first-order valence-corrected chi connectivity index (χ1v) is 6.02. The van der Waals surface area contributed by atoms with Gasteiger partial charge in [-0.3, -0.25) is 14.6 Å². The number of aryl methyl sites for hydroxylation is 1. The minimum Gasteiger partial charge on any atom is -0.481 e. The molecule has 18 heavy (non-hydrogen) atoms. The Labute approximate surface area is 105 Å². The lowest BCUT2D eigenvalue weighted by Gasteiger charge is -2.30. The molecular weight excluding hydrogens is 232 g/mol. The van der Waals surface area contributed by atoms with Crippen LogP contribution in [0.2, 0.25) is 0 Å². The smallest absolute Gasteiger partial charge is 0.308 e. The number of aliphatic carboxylic acids is 1. The van der Waals surface area contributed by atoms with Crippen molar-refractivity contribution in [3.8, 4) is 0 Å². The average Bonchev–Trinajstić information content (AvgIpc) is 2.39. The van der Waals surface area contributed by atoms with Gasteiger partial charge in [0.05, 0.1) is 11.5 Å². The predicted octanol–water partition coefficient (Wildman–Crippen LogP) is 1.33. The van der Waals surface area contributed by atoms with E-state index in [1.807, 2.05) is 6.92 Å². The number of pyridine rings is 1. The molecule has 5 nitrogen and oxygen atoms in total. The summed E-state index contributed by atoms with van der Waals surface area (Å²) in [5, 5.41) is 8.99. The second-order valence-corrected chi connectivity index (χ2v) is 4.62. The lowest BCUT2D eigenvalue weighted by atomic mass is 9.98. The van der Waals surface area contributed by atoms with Gasteiger partial charge < -0.3 is 10.0 Å². The van der Waals surface area contributed by atoms with Gasteiger partial charge in [-0.2, -0.15) is 0 Å². The van der Waals surface area contributed by atoms with Crippen LogP contribution in [0.3, 0.4) is 0 Å². The van der Waals surface area contributed by atoms with Crippen LogP contribution >= 0.6 is 0 Å². The third kappa shape index (κ3) is 2.67. The highest BCUT2D eigenvalue weighted by Crippen LogP contribution is 2.18. The zero-order chi connectivity index (χ0) is 13.1. The zero-order valence-corrected chi connectivity index (χ0v) is 10.3. The monoisotopic (exact) mass is 248 g/mol. The van der Waals surface area contributed by atoms with E-state index in [1.54, 1.807) is 23.2 Å². The molecular formula is C13H16N2O3. The van der Waals surface area contributed by atoms with E-state index in [4.69, 9.17) is 5.11 Å². The first-order chi connectivity index (χ1) is 8.58. The van der Waals surface area contributed by atoms with Crippen LogP contribution in [-0.4, -0.2) is 40.0 Å². The molecule has 1 amide bonds. The molecule has 0 spiro atoms. The third-order valence-corrected chi connectivity index (χ3v) is 3.22. The number of aromatic nitrogens is 1. The Kier molecular flexibility index (Phi) is 3.60. The Morgan fingerprint density at radius 3 is 2.83 bits per heavy atom. The summed E-state index contributed by atoms with van der Waals surface area (Å²) in [7, 11) is 0. The first-order valence-electron chi connectivity index (χ1n) is 6.02. The van der Waals surface area contributed by atoms with Crippen LogP contribution in [0.4, 0.5) is 0 Å². The Morgan fingerprint density at radius 1 is 1.44 bits per heavy atom. The first kappa shape index (κ1) is 12.5. The van der Waals surface area contributed by atoms with Crippen LogP contribution in [0.1, 0.15) is 28.9 Å². The normalized spacial score (nSPS) is 19.6. The minimum absolute atomic E-state index is 0.131. The molecule has 1 N–H and O–H groups in total. The van der Waals surface area contributed by atoms with Crippen molar-refractivity contribution < 1.29 is 14.7 Å². The standard InChI is InChI=1S/C13H16N2O3/c1-9-4-5-10(7-14-9)12(16)15-6-2-3-11(8-15)13(17)18/h4-5,7,11H,2-3,6,8H2,1H3,(H,17,18). The summed E-state index contributed by atoms with van der Waals surface area (Å²) in [5.41, 5.74) is 1.38. The van der Waals surface area contributed by atoms with E-state index in [9.17, 15) is 9.59 Å². The van der Waals surface area contributed by atoms with Crippen LogP contribution < -0.4 is 0 Å². The Balaban J connectivity index is 2.09. The summed E-state index contributed by atoms with van der Waals surface area (Å²) in [6.45, 7) is 2.77. The van der Waals surface area contributed by atoms with Crippen LogP contribution in [0.15, 0.2) is 18.3 Å². The second kappa shape index (κ2) is 5.16. The molecule has 0 saturated carbocycles. The molecule has 5 heteroatoms. The summed E-state index contributed by atoms with van der Waals surface area (Å²) in [5.74, 6) is -1.40. The maximum Gasteiger partial charge on any atom is 0.308 e. The van der Waals surface area contributed by atoms with Gasteiger partial charge in [0.1, 0.15) is 0 Å². The molecule has 1 aliphatic heterocycles. The molecule has 2 rings (SSSR count). The fraction of sp³-hybridized carbons (Fsp3) is 0.462. The van der Waals surface area contributed by atoms with Gasteiger partial charge in [-0.1, -0.05) is 0 Å². The van der Waals surface area contributed by atoms with Crippen molar-refractivity contribution in [2.75, 3.05) is 13.1 Å². The van der Waals surface area contributed by atoms with Gasteiger partial charge in [-0.25, -0.2) is 0 Å². The molecule has 1 unspecified atom stereocenters. The number of carboxylic acid groups (broad SMARTS) is 1. The molecule has 0 aliphatic carbocycles. The van der Waals surface area contributed by atoms with Crippen molar-refractivity contribution in [2.45, 2.75) is 19.8 Å². The highest BCUT2D eigenvalue weighted by molar-refractivity contribution is 5.94. The highest BCUT2D eigenvalue weighted by atomic mass is 16.4. The molecule has 0 radical (unpaired) electrons. The van der Waals surface area contributed by atoms with Crippen molar-refractivity contribution in [1.82, 2.24) is 9.88 Å². The average molecular weight is 248 g/mol. The number of amides is 1. The molecule has 1 atom stereocenters. The number of carbonyl (C=O) groups is 2. The van der Waals surface area contributed by atoms with Gasteiger partial charge >= 0.3 is 5.97 Å². The Morgan fingerprint density at radius 2 is 2.22 bits per heavy atom. The number of likely N-dealkylation sites (tertiary alicyclic amines) is 1. The molecule has 1 saturated heterocycles. The zero-order valence-electron chi connectivity index (χ0n) is 10.3. The fourth-order valence-corrected chi connectivity index (χ4v) is 2.14. The fourth-order valence-electron chi connectivity index (χ4n) is 2.14. The Hall–Kier alpha value is -1.91. The van der Waals surface area contributed by atoms with Crippen molar-refractivity contribution >= 4 is 11.9 Å². The van der Waals surface area contributed by atoms with E-state index in [0.717, 1.165) is 12.1 Å². The number of hydrogen-bond acceptors (Lipinski definition) is 3. The van der Waals surface area contributed by atoms with Crippen molar-refractivity contribution in [3.63, 3.8) is 0 Å². The maximum atomic E-state index is 12.2.